The third-order valence-corrected chi connectivity index (χ3v) is 4.11. The largest absolute Gasteiger partial charge is 0.394 e. The monoisotopic (exact) mass is 330 g/mol. The van der Waals surface area contributed by atoms with E-state index in [0.717, 1.165) is 5.56 Å². The van der Waals surface area contributed by atoms with Gasteiger partial charge in [0, 0.05) is 12.6 Å². The summed E-state index contributed by atoms with van der Waals surface area (Å²) in [6, 6.07) is 9.13. The fourth-order valence-corrected chi connectivity index (χ4v) is 2.76. The molecule has 3 atom stereocenters. The first-order valence-electron chi connectivity index (χ1n) is 7.56. The van der Waals surface area contributed by atoms with Crippen molar-refractivity contribution in [3.8, 4) is 0 Å². The van der Waals surface area contributed by atoms with Crippen LogP contribution < -0.4 is 11.2 Å². The summed E-state index contributed by atoms with van der Waals surface area (Å²) >= 11 is 0. The second kappa shape index (κ2) is 6.56. The molecule has 1 fully saturated rings. The minimum absolute atomic E-state index is 0.147. The van der Waals surface area contributed by atoms with Gasteiger partial charge in [-0.05, 0) is 11.1 Å². The predicted octanol–water partition coefficient (Wildman–Crippen LogP) is 0.239. The number of hydrogen-bond donors (Lipinski definition) is 3. The number of rotatable bonds is 4. The number of hydrogen-bond acceptors (Lipinski definition) is 5. The molecule has 3 rings (SSSR count). The second-order valence-electron chi connectivity index (χ2n) is 5.67. The molecule has 2 aromatic rings. The summed E-state index contributed by atoms with van der Waals surface area (Å²) in [5, 5.41) is 19.0. The zero-order valence-corrected chi connectivity index (χ0v) is 12.9. The number of ether oxygens (including phenoxy) is 1. The Hall–Kier alpha value is -2.48. The highest BCUT2D eigenvalue weighted by Crippen LogP contribution is 2.28. The average molecular weight is 330 g/mol. The molecule has 0 amide bonds. The molecule has 24 heavy (non-hydrogen) atoms. The second-order valence-corrected chi connectivity index (χ2v) is 5.67. The van der Waals surface area contributed by atoms with Gasteiger partial charge < -0.3 is 14.9 Å². The molecule has 7 nitrogen and oxygen atoms in total. The number of aromatic nitrogens is 2. The van der Waals surface area contributed by atoms with Crippen molar-refractivity contribution in [1.29, 1.82) is 0 Å². The van der Waals surface area contributed by atoms with Gasteiger partial charge in [0.05, 0.1) is 18.3 Å². The summed E-state index contributed by atoms with van der Waals surface area (Å²) in [6.07, 6.45) is -0.861. The van der Waals surface area contributed by atoms with E-state index in [1.807, 2.05) is 30.3 Å². The summed E-state index contributed by atoms with van der Waals surface area (Å²) in [6.45, 7) is 3.59. The third-order valence-electron chi connectivity index (χ3n) is 4.11. The maximum atomic E-state index is 12.1. The Morgan fingerprint density at radius 3 is 2.67 bits per heavy atom. The van der Waals surface area contributed by atoms with Crippen molar-refractivity contribution in [2.45, 2.75) is 24.9 Å². The van der Waals surface area contributed by atoms with Gasteiger partial charge >= 0.3 is 5.69 Å². The van der Waals surface area contributed by atoms with Crippen molar-refractivity contribution in [3.63, 3.8) is 0 Å². The molecule has 126 valence electrons. The first-order chi connectivity index (χ1) is 11.5. The van der Waals surface area contributed by atoms with E-state index in [1.54, 1.807) is 0 Å². The van der Waals surface area contributed by atoms with E-state index >= 15 is 0 Å². The minimum Gasteiger partial charge on any atom is -0.394 e. The van der Waals surface area contributed by atoms with Gasteiger partial charge in [0.25, 0.3) is 5.56 Å². The number of aliphatic hydroxyl groups excluding tert-OH is 2. The van der Waals surface area contributed by atoms with Crippen LogP contribution in [-0.2, 0) is 4.74 Å². The zero-order chi connectivity index (χ0) is 17.3. The van der Waals surface area contributed by atoms with Crippen LogP contribution in [0.2, 0.25) is 0 Å². The van der Waals surface area contributed by atoms with Crippen LogP contribution in [0.3, 0.4) is 0 Å². The molecule has 1 saturated heterocycles. The molecule has 1 aliphatic heterocycles. The van der Waals surface area contributed by atoms with Gasteiger partial charge in [0.15, 0.2) is 0 Å². The molecule has 0 radical (unpaired) electrons. The lowest BCUT2D eigenvalue weighted by Crippen LogP contribution is -2.34. The predicted molar refractivity (Wildman–Crippen MR) is 87.5 cm³/mol. The number of nitrogens with one attached hydrogen (secondary N) is 1. The van der Waals surface area contributed by atoms with E-state index in [9.17, 15) is 14.7 Å². The van der Waals surface area contributed by atoms with Gasteiger partial charge in [0.1, 0.15) is 12.3 Å². The van der Waals surface area contributed by atoms with Crippen molar-refractivity contribution in [2.75, 3.05) is 6.61 Å². The van der Waals surface area contributed by atoms with Gasteiger partial charge in [-0.3, -0.25) is 14.3 Å². The Bertz CT molecular complexity index is 855. The van der Waals surface area contributed by atoms with Crippen LogP contribution in [-0.4, -0.2) is 38.6 Å². The molecule has 0 unspecified atom stereocenters. The van der Waals surface area contributed by atoms with Crippen LogP contribution in [0.15, 0.2) is 52.7 Å². The number of nitrogens with zero attached hydrogens (tertiary/aromatic N) is 1. The minimum atomic E-state index is -0.875. The molecule has 2 heterocycles. The number of aliphatic hydroxyl groups is 2. The highest BCUT2D eigenvalue weighted by molar-refractivity contribution is 5.77. The third kappa shape index (κ3) is 2.96. The van der Waals surface area contributed by atoms with Crippen LogP contribution in [0.25, 0.3) is 5.57 Å². The van der Waals surface area contributed by atoms with Crippen molar-refractivity contribution in [3.05, 3.63) is 75.1 Å². The standard InChI is InChI=1S/C17H18N2O5/c1-10(11-5-3-2-4-6-11)12-8-19(17(23)18-16(12)22)15-7-13(21)14(9-20)24-15/h2-6,8,13-15,20-21H,1,7,9H2,(H,18,22,23)/t13-,14+,15+/m0/s1. The molecular weight excluding hydrogens is 312 g/mol. The van der Waals surface area contributed by atoms with Gasteiger partial charge in [-0.15, -0.1) is 0 Å². The SMILES string of the molecule is C=C(c1ccccc1)c1cn([C@H]2C[C@H](O)[C@@H](CO)O2)c(=O)[nH]c1=O. The number of H-pyrrole nitrogens is 1. The lowest BCUT2D eigenvalue weighted by Gasteiger charge is -2.16. The first kappa shape index (κ1) is 16.4. The number of benzene rings is 1. The zero-order valence-electron chi connectivity index (χ0n) is 12.9. The van der Waals surface area contributed by atoms with E-state index in [4.69, 9.17) is 9.84 Å². The Kier molecular flexibility index (Phi) is 4.48. The van der Waals surface area contributed by atoms with E-state index < -0.39 is 29.7 Å². The Morgan fingerprint density at radius 1 is 1.33 bits per heavy atom. The van der Waals surface area contributed by atoms with Crippen molar-refractivity contribution in [2.24, 2.45) is 0 Å². The summed E-state index contributed by atoms with van der Waals surface area (Å²) in [5.41, 5.74) is 0.297. The maximum Gasteiger partial charge on any atom is 0.330 e. The highest BCUT2D eigenvalue weighted by Gasteiger charge is 2.35. The molecule has 0 bridgehead atoms. The average Bonchev–Trinajstić information content (AvgIpc) is 2.96. The lowest BCUT2D eigenvalue weighted by molar-refractivity contribution is -0.0459. The molecule has 1 aromatic carbocycles. The fraction of sp³-hybridized carbons (Fsp3) is 0.294. The molecule has 1 aliphatic rings. The van der Waals surface area contributed by atoms with Gasteiger partial charge in [-0.1, -0.05) is 36.9 Å². The van der Waals surface area contributed by atoms with Crippen LogP contribution in [0, 0.1) is 0 Å². The lowest BCUT2D eigenvalue weighted by atomic mass is 10.0. The summed E-state index contributed by atoms with van der Waals surface area (Å²) in [7, 11) is 0. The fourth-order valence-electron chi connectivity index (χ4n) is 2.76. The summed E-state index contributed by atoms with van der Waals surface area (Å²) in [4.78, 5) is 26.5. The molecule has 0 saturated carbocycles. The van der Waals surface area contributed by atoms with E-state index in [2.05, 4.69) is 11.6 Å². The van der Waals surface area contributed by atoms with Crippen molar-refractivity contribution in [1.82, 2.24) is 9.55 Å². The number of aromatic amines is 1. The smallest absolute Gasteiger partial charge is 0.330 e. The maximum absolute atomic E-state index is 12.1. The molecular formula is C17H18N2O5. The van der Waals surface area contributed by atoms with E-state index in [1.165, 1.54) is 10.8 Å². The van der Waals surface area contributed by atoms with Crippen LogP contribution >= 0.6 is 0 Å². The quantitative estimate of drug-likeness (QED) is 0.745. The van der Waals surface area contributed by atoms with E-state index in [-0.39, 0.29) is 18.6 Å². The normalized spacial score (nSPS) is 23.3. The Labute approximate surface area is 137 Å². The van der Waals surface area contributed by atoms with Crippen LogP contribution in [0.4, 0.5) is 0 Å². The van der Waals surface area contributed by atoms with Gasteiger partial charge in [-0.2, -0.15) is 0 Å². The molecule has 0 spiro atoms. The summed E-state index contributed by atoms with van der Waals surface area (Å²) in [5.74, 6) is 0. The summed E-state index contributed by atoms with van der Waals surface area (Å²) < 4.78 is 6.69. The van der Waals surface area contributed by atoms with Crippen molar-refractivity contribution < 1.29 is 14.9 Å². The molecule has 1 aromatic heterocycles. The van der Waals surface area contributed by atoms with Gasteiger partial charge in [0.2, 0.25) is 0 Å². The molecule has 3 N–H and O–H groups in total. The van der Waals surface area contributed by atoms with Crippen LogP contribution in [0.1, 0.15) is 23.8 Å². The Balaban J connectivity index is 2.00. The van der Waals surface area contributed by atoms with E-state index in [0.29, 0.717) is 5.57 Å². The molecule has 7 heteroatoms. The molecule has 0 aliphatic carbocycles. The Morgan fingerprint density at radius 2 is 2.04 bits per heavy atom. The topological polar surface area (TPSA) is 105 Å². The highest BCUT2D eigenvalue weighted by atomic mass is 16.5. The van der Waals surface area contributed by atoms with Gasteiger partial charge in [-0.25, -0.2) is 4.79 Å². The van der Waals surface area contributed by atoms with Crippen molar-refractivity contribution >= 4 is 5.57 Å². The van der Waals surface area contributed by atoms with Crippen LogP contribution in [0.5, 0.6) is 0 Å². The first-order valence-corrected chi connectivity index (χ1v) is 7.56.